The van der Waals surface area contributed by atoms with Gasteiger partial charge in [0, 0.05) is 19.2 Å². The van der Waals surface area contributed by atoms with Crippen LogP contribution < -0.4 is 5.32 Å². The van der Waals surface area contributed by atoms with Crippen molar-refractivity contribution < 1.29 is 4.79 Å². The molecule has 2 aromatic heterocycles. The zero-order valence-corrected chi connectivity index (χ0v) is 12.1. The molecule has 2 aromatic rings. The first kappa shape index (κ1) is 13.7. The lowest BCUT2D eigenvalue weighted by molar-refractivity contribution is 0.102. The van der Waals surface area contributed by atoms with Gasteiger partial charge in [0.05, 0.1) is 11.8 Å². The first-order chi connectivity index (χ1) is 9.13. The van der Waals surface area contributed by atoms with E-state index in [0.29, 0.717) is 16.6 Å². The van der Waals surface area contributed by atoms with Gasteiger partial charge in [0.25, 0.3) is 5.91 Å². The second-order valence-electron chi connectivity index (χ2n) is 4.32. The lowest BCUT2D eigenvalue weighted by Crippen LogP contribution is -2.10. The fraction of sp³-hybridized carbons (Fsp3) is 0.500. The molecule has 0 atom stereocenters. The molecule has 19 heavy (non-hydrogen) atoms. The molecule has 0 saturated carbocycles. The van der Waals surface area contributed by atoms with Gasteiger partial charge in [-0.15, -0.1) is 10.2 Å². The highest BCUT2D eigenvalue weighted by atomic mass is 32.1. The van der Waals surface area contributed by atoms with Gasteiger partial charge < -0.3 is 0 Å². The van der Waals surface area contributed by atoms with E-state index < -0.39 is 0 Å². The van der Waals surface area contributed by atoms with Crippen molar-refractivity contribution >= 4 is 22.4 Å². The summed E-state index contributed by atoms with van der Waals surface area (Å²) < 4.78 is 1.59. The third kappa shape index (κ3) is 3.17. The van der Waals surface area contributed by atoms with E-state index in [1.54, 1.807) is 17.9 Å². The molecule has 1 amide bonds. The van der Waals surface area contributed by atoms with Gasteiger partial charge in [-0.05, 0) is 12.8 Å². The monoisotopic (exact) mass is 279 g/mol. The largest absolute Gasteiger partial charge is 0.296 e. The van der Waals surface area contributed by atoms with Gasteiger partial charge in [0.15, 0.2) is 0 Å². The molecule has 102 valence electrons. The number of rotatable bonds is 5. The molecule has 0 aliphatic rings. The molecule has 0 spiro atoms. The Morgan fingerprint density at radius 3 is 2.74 bits per heavy atom. The van der Waals surface area contributed by atoms with Gasteiger partial charge in [-0.1, -0.05) is 25.2 Å². The molecule has 0 aliphatic heterocycles. The van der Waals surface area contributed by atoms with Crippen LogP contribution in [0.3, 0.4) is 0 Å². The SMILES string of the molecule is CCC(CC)c1nnc(NC(=O)c2cnn(C)c2)s1. The van der Waals surface area contributed by atoms with E-state index >= 15 is 0 Å². The smallest absolute Gasteiger partial charge is 0.260 e. The van der Waals surface area contributed by atoms with Gasteiger partial charge in [-0.3, -0.25) is 14.8 Å². The van der Waals surface area contributed by atoms with Crippen LogP contribution in [0.5, 0.6) is 0 Å². The molecule has 0 radical (unpaired) electrons. The fourth-order valence-electron chi connectivity index (χ4n) is 1.80. The molecular weight excluding hydrogens is 262 g/mol. The van der Waals surface area contributed by atoms with E-state index in [1.165, 1.54) is 17.5 Å². The molecule has 0 aliphatic carbocycles. The van der Waals surface area contributed by atoms with E-state index in [0.717, 1.165) is 17.8 Å². The number of hydrogen-bond donors (Lipinski definition) is 1. The van der Waals surface area contributed by atoms with Crippen LogP contribution in [0.15, 0.2) is 12.4 Å². The lowest BCUT2D eigenvalue weighted by Gasteiger charge is -2.05. The molecule has 2 rings (SSSR count). The molecule has 0 bridgehead atoms. The summed E-state index contributed by atoms with van der Waals surface area (Å²) in [5, 5.41) is 16.4. The van der Waals surface area contributed by atoms with Crippen LogP contribution in [0.2, 0.25) is 0 Å². The van der Waals surface area contributed by atoms with Crippen LogP contribution in [-0.4, -0.2) is 25.9 Å². The summed E-state index contributed by atoms with van der Waals surface area (Å²) in [6.07, 6.45) is 5.25. The number of nitrogens with zero attached hydrogens (tertiary/aromatic N) is 4. The summed E-state index contributed by atoms with van der Waals surface area (Å²) in [5.41, 5.74) is 0.516. The number of amides is 1. The van der Waals surface area contributed by atoms with Crippen LogP contribution in [0, 0.1) is 0 Å². The summed E-state index contributed by atoms with van der Waals surface area (Å²) in [7, 11) is 1.77. The minimum absolute atomic E-state index is 0.208. The predicted octanol–water partition coefficient (Wildman–Crippen LogP) is 2.43. The standard InChI is InChI=1S/C12H17N5OS/c1-4-8(5-2)11-15-16-12(19-11)14-10(18)9-6-13-17(3)7-9/h6-8H,4-5H2,1-3H3,(H,14,16,18). The summed E-state index contributed by atoms with van der Waals surface area (Å²) in [6.45, 7) is 4.26. The predicted molar refractivity (Wildman–Crippen MR) is 74.4 cm³/mol. The number of nitrogens with one attached hydrogen (secondary N) is 1. The number of aryl methyl sites for hydroxylation is 1. The van der Waals surface area contributed by atoms with Crippen LogP contribution in [-0.2, 0) is 7.05 Å². The fourth-order valence-corrected chi connectivity index (χ4v) is 2.80. The Hall–Kier alpha value is -1.76. The van der Waals surface area contributed by atoms with Gasteiger partial charge in [0.1, 0.15) is 5.01 Å². The average molecular weight is 279 g/mol. The topological polar surface area (TPSA) is 72.7 Å². The summed E-state index contributed by atoms with van der Waals surface area (Å²) in [6, 6.07) is 0. The highest BCUT2D eigenvalue weighted by molar-refractivity contribution is 7.15. The first-order valence-electron chi connectivity index (χ1n) is 6.27. The van der Waals surface area contributed by atoms with Crippen molar-refractivity contribution in [1.29, 1.82) is 0 Å². The second kappa shape index (κ2) is 5.92. The van der Waals surface area contributed by atoms with E-state index in [9.17, 15) is 4.79 Å². The average Bonchev–Trinajstić information content (AvgIpc) is 3.00. The van der Waals surface area contributed by atoms with E-state index in [2.05, 4.69) is 34.5 Å². The number of carbonyl (C=O) groups is 1. The van der Waals surface area contributed by atoms with Crippen LogP contribution in [0.4, 0.5) is 5.13 Å². The Labute approximate surface area is 115 Å². The van der Waals surface area contributed by atoms with Crippen LogP contribution >= 0.6 is 11.3 Å². The van der Waals surface area contributed by atoms with E-state index in [1.807, 2.05) is 0 Å². The molecule has 1 N–H and O–H groups in total. The minimum atomic E-state index is -0.208. The van der Waals surface area contributed by atoms with Crippen molar-refractivity contribution in [1.82, 2.24) is 20.0 Å². The van der Waals surface area contributed by atoms with Crippen molar-refractivity contribution in [2.24, 2.45) is 7.05 Å². The maximum atomic E-state index is 11.9. The number of aromatic nitrogens is 4. The van der Waals surface area contributed by atoms with Crippen molar-refractivity contribution in [3.05, 3.63) is 23.0 Å². The molecular formula is C12H17N5OS. The van der Waals surface area contributed by atoms with Crippen molar-refractivity contribution in [2.45, 2.75) is 32.6 Å². The quantitative estimate of drug-likeness (QED) is 0.912. The Morgan fingerprint density at radius 2 is 2.16 bits per heavy atom. The molecule has 0 unspecified atom stereocenters. The molecule has 2 heterocycles. The Bertz CT molecular complexity index is 558. The number of hydrogen-bond acceptors (Lipinski definition) is 5. The van der Waals surface area contributed by atoms with Crippen molar-refractivity contribution in [2.75, 3.05) is 5.32 Å². The van der Waals surface area contributed by atoms with Crippen LogP contribution in [0.1, 0.15) is 48.0 Å². The summed E-state index contributed by atoms with van der Waals surface area (Å²) >= 11 is 1.44. The normalized spacial score (nSPS) is 10.9. The first-order valence-corrected chi connectivity index (χ1v) is 7.09. The zero-order chi connectivity index (χ0) is 13.8. The summed E-state index contributed by atoms with van der Waals surface area (Å²) in [4.78, 5) is 11.9. The number of anilines is 1. The highest BCUT2D eigenvalue weighted by Crippen LogP contribution is 2.28. The minimum Gasteiger partial charge on any atom is -0.296 e. The Balaban J connectivity index is 2.06. The van der Waals surface area contributed by atoms with Gasteiger partial charge in [-0.2, -0.15) is 5.10 Å². The van der Waals surface area contributed by atoms with Crippen LogP contribution in [0.25, 0.3) is 0 Å². The molecule has 0 fully saturated rings. The molecule has 0 saturated heterocycles. The van der Waals surface area contributed by atoms with Gasteiger partial charge in [-0.25, -0.2) is 0 Å². The Kier molecular flexibility index (Phi) is 4.26. The number of carbonyl (C=O) groups excluding carboxylic acids is 1. The second-order valence-corrected chi connectivity index (χ2v) is 5.32. The van der Waals surface area contributed by atoms with Crippen molar-refractivity contribution in [3.63, 3.8) is 0 Å². The molecule has 7 heteroatoms. The maximum absolute atomic E-state index is 11.9. The van der Waals surface area contributed by atoms with Crippen molar-refractivity contribution in [3.8, 4) is 0 Å². The van der Waals surface area contributed by atoms with Gasteiger partial charge in [0.2, 0.25) is 5.13 Å². The molecule has 6 nitrogen and oxygen atoms in total. The third-order valence-corrected chi connectivity index (χ3v) is 3.96. The van der Waals surface area contributed by atoms with E-state index in [-0.39, 0.29) is 5.91 Å². The van der Waals surface area contributed by atoms with E-state index in [4.69, 9.17) is 0 Å². The third-order valence-electron chi connectivity index (χ3n) is 2.96. The summed E-state index contributed by atoms with van der Waals surface area (Å²) in [5.74, 6) is 0.210. The zero-order valence-electron chi connectivity index (χ0n) is 11.3. The lowest BCUT2D eigenvalue weighted by atomic mass is 10.1. The Morgan fingerprint density at radius 1 is 1.42 bits per heavy atom. The van der Waals surface area contributed by atoms with Gasteiger partial charge >= 0.3 is 0 Å². The molecule has 0 aromatic carbocycles. The maximum Gasteiger partial charge on any atom is 0.260 e. The highest BCUT2D eigenvalue weighted by Gasteiger charge is 2.15.